The van der Waals surface area contributed by atoms with Crippen LogP contribution in [0.25, 0.3) is 0 Å². The van der Waals surface area contributed by atoms with Crippen LogP contribution in [0.1, 0.15) is 112 Å². The quantitative estimate of drug-likeness (QED) is 0.327. The molecule has 184 valence electrons. The Kier molecular flexibility index (Phi) is 12.7. The summed E-state index contributed by atoms with van der Waals surface area (Å²) in [5.74, 6) is 1.53. The first kappa shape index (κ1) is 27.5. The summed E-state index contributed by atoms with van der Waals surface area (Å²) in [5.41, 5.74) is 6.86. The monoisotopic (exact) mass is 451 g/mol. The number of rotatable bonds is 11. The van der Waals surface area contributed by atoms with Crippen molar-refractivity contribution in [2.75, 3.05) is 19.6 Å². The van der Waals surface area contributed by atoms with E-state index in [1.807, 2.05) is 13.8 Å². The standard InChI is InChI=1S/C17H27N.C13H22N2/c1-3-16-10-9-15(2)14-17(16)8-4-5-11-18-12-6-7-13-18;1-5-7-12(8-6-2)13-9-10(3)14-11(4)15-13/h9-10,14H,3-8,11-13H2,1-2H3;9,12H,5-8H2,1-4H3. The highest BCUT2D eigenvalue weighted by Gasteiger charge is 2.12. The van der Waals surface area contributed by atoms with Crippen LogP contribution in [-0.4, -0.2) is 34.5 Å². The highest BCUT2D eigenvalue weighted by atomic mass is 15.1. The van der Waals surface area contributed by atoms with Gasteiger partial charge >= 0.3 is 0 Å². The van der Waals surface area contributed by atoms with E-state index in [1.165, 1.54) is 95.1 Å². The van der Waals surface area contributed by atoms with Crippen molar-refractivity contribution in [2.24, 2.45) is 0 Å². The Morgan fingerprint density at radius 1 is 0.848 bits per heavy atom. The maximum absolute atomic E-state index is 4.56. The molecule has 3 rings (SSSR count). The summed E-state index contributed by atoms with van der Waals surface area (Å²) in [6, 6.07) is 9.08. The molecule has 1 fully saturated rings. The van der Waals surface area contributed by atoms with Gasteiger partial charge in [-0.2, -0.15) is 0 Å². The van der Waals surface area contributed by atoms with E-state index in [2.05, 4.69) is 66.8 Å². The summed E-state index contributed by atoms with van der Waals surface area (Å²) in [6.07, 6.45) is 12.9. The molecule has 0 N–H and O–H groups in total. The van der Waals surface area contributed by atoms with E-state index in [-0.39, 0.29) is 0 Å². The smallest absolute Gasteiger partial charge is 0.125 e. The van der Waals surface area contributed by atoms with Gasteiger partial charge in [0.05, 0.1) is 0 Å². The van der Waals surface area contributed by atoms with Crippen molar-refractivity contribution >= 4 is 0 Å². The lowest BCUT2D eigenvalue weighted by atomic mass is 9.94. The van der Waals surface area contributed by atoms with Crippen LogP contribution in [-0.2, 0) is 12.8 Å². The molecule has 1 aliphatic rings. The highest BCUT2D eigenvalue weighted by molar-refractivity contribution is 5.31. The van der Waals surface area contributed by atoms with Crippen molar-refractivity contribution in [2.45, 2.75) is 112 Å². The maximum Gasteiger partial charge on any atom is 0.125 e. The van der Waals surface area contributed by atoms with E-state index in [1.54, 1.807) is 11.1 Å². The molecule has 0 unspecified atom stereocenters. The Bertz CT molecular complexity index is 782. The van der Waals surface area contributed by atoms with Crippen molar-refractivity contribution in [3.63, 3.8) is 0 Å². The third kappa shape index (κ3) is 9.96. The fourth-order valence-corrected chi connectivity index (χ4v) is 5.08. The van der Waals surface area contributed by atoms with Crippen LogP contribution in [0.5, 0.6) is 0 Å². The van der Waals surface area contributed by atoms with Crippen molar-refractivity contribution < 1.29 is 0 Å². The summed E-state index contributed by atoms with van der Waals surface area (Å²) < 4.78 is 0. The van der Waals surface area contributed by atoms with Gasteiger partial charge in [0.15, 0.2) is 0 Å². The van der Waals surface area contributed by atoms with Gasteiger partial charge in [0.25, 0.3) is 0 Å². The Hall–Kier alpha value is -1.74. The van der Waals surface area contributed by atoms with Crippen molar-refractivity contribution in [1.82, 2.24) is 14.9 Å². The molecule has 0 saturated carbocycles. The van der Waals surface area contributed by atoms with Gasteiger partial charge in [0.1, 0.15) is 5.82 Å². The number of aromatic nitrogens is 2. The molecule has 1 aliphatic heterocycles. The van der Waals surface area contributed by atoms with Gasteiger partial charge in [-0.3, -0.25) is 0 Å². The normalized spacial score (nSPS) is 13.9. The summed E-state index contributed by atoms with van der Waals surface area (Å²) in [6.45, 7) is 17.0. The van der Waals surface area contributed by atoms with Gasteiger partial charge in [0, 0.05) is 17.3 Å². The minimum absolute atomic E-state index is 0.625. The lowest BCUT2D eigenvalue weighted by molar-refractivity contribution is 0.330. The van der Waals surface area contributed by atoms with Crippen molar-refractivity contribution in [3.05, 3.63) is 58.2 Å². The number of nitrogens with zero attached hydrogens (tertiary/aromatic N) is 3. The van der Waals surface area contributed by atoms with E-state index < -0.39 is 0 Å². The zero-order valence-corrected chi connectivity index (χ0v) is 22.4. The van der Waals surface area contributed by atoms with Crippen LogP contribution in [0.2, 0.25) is 0 Å². The van der Waals surface area contributed by atoms with Crippen LogP contribution in [0, 0.1) is 20.8 Å². The number of aryl methyl sites for hydroxylation is 5. The van der Waals surface area contributed by atoms with E-state index in [9.17, 15) is 0 Å². The van der Waals surface area contributed by atoms with E-state index in [0.29, 0.717) is 5.92 Å². The van der Waals surface area contributed by atoms with Crippen molar-refractivity contribution in [3.8, 4) is 0 Å². The summed E-state index contributed by atoms with van der Waals surface area (Å²) in [5, 5.41) is 0. The average molecular weight is 452 g/mol. The molecular formula is C30H49N3. The zero-order chi connectivity index (χ0) is 24.1. The molecule has 1 aromatic carbocycles. The number of benzene rings is 1. The van der Waals surface area contributed by atoms with E-state index in [0.717, 1.165) is 11.5 Å². The van der Waals surface area contributed by atoms with Gasteiger partial charge in [-0.25, -0.2) is 9.97 Å². The molecule has 3 heteroatoms. The van der Waals surface area contributed by atoms with E-state index >= 15 is 0 Å². The minimum atomic E-state index is 0.625. The molecule has 0 aliphatic carbocycles. The molecule has 0 amide bonds. The first-order valence-electron chi connectivity index (χ1n) is 13.6. The molecular weight excluding hydrogens is 402 g/mol. The second-order valence-electron chi connectivity index (χ2n) is 9.89. The Balaban J connectivity index is 0.000000238. The largest absolute Gasteiger partial charge is 0.303 e. The maximum atomic E-state index is 4.56. The molecule has 0 atom stereocenters. The van der Waals surface area contributed by atoms with Crippen LogP contribution < -0.4 is 0 Å². The zero-order valence-electron chi connectivity index (χ0n) is 22.4. The molecule has 2 heterocycles. The first-order chi connectivity index (χ1) is 16.0. The SMILES string of the molecule is CCCC(CCC)c1cc(C)nc(C)n1.CCc1ccc(C)cc1CCCCN1CCCC1. The Morgan fingerprint density at radius 3 is 2.15 bits per heavy atom. The van der Waals surface area contributed by atoms with Crippen LogP contribution in [0.15, 0.2) is 24.3 Å². The average Bonchev–Trinajstić information content (AvgIpc) is 3.30. The van der Waals surface area contributed by atoms with Gasteiger partial charge in [-0.1, -0.05) is 57.4 Å². The number of likely N-dealkylation sites (tertiary alicyclic amines) is 1. The van der Waals surface area contributed by atoms with Crippen LogP contribution in [0.4, 0.5) is 0 Å². The first-order valence-corrected chi connectivity index (χ1v) is 13.6. The molecule has 3 nitrogen and oxygen atoms in total. The number of hydrogen-bond acceptors (Lipinski definition) is 3. The summed E-state index contributed by atoms with van der Waals surface area (Å²) in [4.78, 5) is 11.5. The number of unbranched alkanes of at least 4 members (excludes halogenated alkanes) is 1. The molecule has 2 aromatic rings. The predicted molar refractivity (Wildman–Crippen MR) is 143 cm³/mol. The molecule has 0 spiro atoms. The van der Waals surface area contributed by atoms with Crippen LogP contribution in [0.3, 0.4) is 0 Å². The third-order valence-electron chi connectivity index (χ3n) is 6.79. The molecule has 1 saturated heterocycles. The predicted octanol–water partition coefficient (Wildman–Crippen LogP) is 7.75. The van der Waals surface area contributed by atoms with Crippen LogP contribution >= 0.6 is 0 Å². The minimum Gasteiger partial charge on any atom is -0.303 e. The molecule has 0 radical (unpaired) electrons. The fraction of sp³-hybridized carbons (Fsp3) is 0.667. The molecule has 0 bridgehead atoms. The molecule has 1 aromatic heterocycles. The Morgan fingerprint density at radius 2 is 1.55 bits per heavy atom. The summed E-state index contributed by atoms with van der Waals surface area (Å²) in [7, 11) is 0. The van der Waals surface area contributed by atoms with Crippen molar-refractivity contribution in [1.29, 1.82) is 0 Å². The van der Waals surface area contributed by atoms with Gasteiger partial charge in [0.2, 0.25) is 0 Å². The third-order valence-corrected chi connectivity index (χ3v) is 6.79. The lowest BCUT2D eigenvalue weighted by Crippen LogP contribution is -2.20. The van der Waals surface area contributed by atoms with E-state index in [4.69, 9.17) is 0 Å². The second-order valence-corrected chi connectivity index (χ2v) is 9.89. The van der Waals surface area contributed by atoms with Gasteiger partial charge < -0.3 is 4.90 Å². The lowest BCUT2D eigenvalue weighted by Gasteiger charge is -2.15. The second kappa shape index (κ2) is 15.2. The fourth-order valence-electron chi connectivity index (χ4n) is 5.08. The van der Waals surface area contributed by atoms with Gasteiger partial charge in [-0.05, 0) is 109 Å². The Labute approximate surface area is 204 Å². The number of hydrogen-bond donors (Lipinski definition) is 0. The summed E-state index contributed by atoms with van der Waals surface area (Å²) >= 11 is 0. The topological polar surface area (TPSA) is 29.0 Å². The molecule has 33 heavy (non-hydrogen) atoms. The highest BCUT2D eigenvalue weighted by Crippen LogP contribution is 2.25. The van der Waals surface area contributed by atoms with Gasteiger partial charge in [-0.15, -0.1) is 0 Å².